The van der Waals surface area contributed by atoms with Crippen LogP contribution >= 0.6 is 24.8 Å². The molecule has 0 radical (unpaired) electrons. The van der Waals surface area contributed by atoms with Crippen LogP contribution in [0.1, 0.15) is 24.5 Å². The first-order valence-electron chi connectivity index (χ1n) is 8.68. The zero-order valence-electron chi connectivity index (χ0n) is 15.4. The summed E-state index contributed by atoms with van der Waals surface area (Å²) in [6.07, 6.45) is 5.62. The molecule has 150 valence electrons. The van der Waals surface area contributed by atoms with Gasteiger partial charge in [-0.1, -0.05) is 6.08 Å². The molecule has 3 aliphatic heterocycles. The Balaban J connectivity index is 0.00000121. The van der Waals surface area contributed by atoms with Crippen molar-refractivity contribution in [2.75, 3.05) is 20.2 Å². The molecule has 7 heteroatoms. The van der Waals surface area contributed by atoms with E-state index in [0.29, 0.717) is 11.8 Å². The third kappa shape index (κ3) is 4.23. The van der Waals surface area contributed by atoms with Crippen molar-refractivity contribution in [2.24, 2.45) is 11.8 Å². The average Bonchev–Trinajstić information content (AvgIpc) is 2.66. The van der Waals surface area contributed by atoms with Gasteiger partial charge in [0.2, 0.25) is 0 Å². The lowest BCUT2D eigenvalue weighted by Gasteiger charge is -2.50. The van der Waals surface area contributed by atoms with E-state index in [9.17, 15) is 5.11 Å². The number of hydrogen-bond donors (Lipinski definition) is 1. The lowest BCUT2D eigenvalue weighted by atomic mass is 9.73. The van der Waals surface area contributed by atoms with Crippen LogP contribution in [0, 0.1) is 11.8 Å². The predicted octanol–water partition coefficient (Wildman–Crippen LogP) is 3.19. The maximum absolute atomic E-state index is 11.2. The van der Waals surface area contributed by atoms with E-state index in [4.69, 9.17) is 4.74 Å². The van der Waals surface area contributed by atoms with Crippen molar-refractivity contribution in [3.63, 3.8) is 0 Å². The first-order chi connectivity index (χ1) is 11.7. The van der Waals surface area contributed by atoms with Crippen LogP contribution in [-0.4, -0.2) is 46.7 Å². The van der Waals surface area contributed by atoms with Gasteiger partial charge in [-0.05, 0) is 61.1 Å². The lowest BCUT2D eigenvalue weighted by molar-refractivity contribution is -0.0444. The summed E-state index contributed by atoms with van der Waals surface area (Å²) in [6.45, 7) is 6.07. The second-order valence-corrected chi connectivity index (χ2v) is 6.97. The van der Waals surface area contributed by atoms with E-state index in [1.165, 1.54) is 6.42 Å². The number of nitrogens with zero attached hydrogens (tertiary/aromatic N) is 2. The minimum atomic E-state index is -0.504. The van der Waals surface area contributed by atoms with E-state index in [-0.39, 0.29) is 36.3 Å². The van der Waals surface area contributed by atoms with Crippen molar-refractivity contribution in [2.45, 2.75) is 25.0 Å². The topological polar surface area (TPSA) is 77.1 Å². The fourth-order valence-corrected chi connectivity index (χ4v) is 4.44. The van der Waals surface area contributed by atoms with Crippen molar-refractivity contribution in [3.8, 4) is 5.75 Å². The Morgan fingerprint density at radius 3 is 2.74 bits per heavy atom. The molecule has 5 nitrogen and oxygen atoms in total. The van der Waals surface area contributed by atoms with Crippen LogP contribution in [0.15, 0.2) is 43.1 Å². The Kier molecular flexibility index (Phi) is 8.51. The molecule has 2 bridgehead atoms. The fraction of sp³-hybridized carbons (Fsp3) is 0.450. The zero-order chi connectivity index (χ0) is 16.7. The molecular weight excluding hydrogens is 387 g/mol. The fourth-order valence-electron chi connectivity index (χ4n) is 4.44. The number of ether oxygens (including phenoxy) is 1. The van der Waals surface area contributed by atoms with E-state index in [2.05, 4.69) is 22.5 Å². The predicted molar refractivity (Wildman–Crippen MR) is 113 cm³/mol. The van der Waals surface area contributed by atoms with Crippen molar-refractivity contribution in [3.05, 3.63) is 48.7 Å². The number of piperidine rings is 3. The van der Waals surface area contributed by atoms with Crippen molar-refractivity contribution < 1.29 is 15.3 Å². The molecular formula is C20H28Cl2N2O3. The van der Waals surface area contributed by atoms with Gasteiger partial charge in [0.05, 0.1) is 18.7 Å². The van der Waals surface area contributed by atoms with Gasteiger partial charge in [-0.15, -0.1) is 31.4 Å². The van der Waals surface area contributed by atoms with Crippen LogP contribution in [0.2, 0.25) is 0 Å². The Labute approximate surface area is 172 Å². The zero-order valence-corrected chi connectivity index (χ0v) is 17.0. The molecule has 0 amide bonds. The van der Waals surface area contributed by atoms with E-state index < -0.39 is 6.10 Å². The highest BCUT2D eigenvalue weighted by molar-refractivity contribution is 5.85. The molecule has 3 N–H and O–H groups in total. The Hall–Kier alpha value is -1.37. The molecule has 3 fully saturated rings. The number of rotatable bonds is 4. The second kappa shape index (κ2) is 9.71. The number of aliphatic hydroxyl groups excluding tert-OH is 1. The van der Waals surface area contributed by atoms with E-state index in [1.807, 2.05) is 24.3 Å². The maximum atomic E-state index is 11.2. The lowest BCUT2D eigenvalue weighted by Crippen LogP contribution is -2.54. The van der Waals surface area contributed by atoms with Gasteiger partial charge in [0.1, 0.15) is 5.75 Å². The number of hydrogen-bond acceptors (Lipinski definition) is 4. The van der Waals surface area contributed by atoms with Crippen LogP contribution in [0.3, 0.4) is 0 Å². The highest BCUT2D eigenvalue weighted by Crippen LogP contribution is 2.42. The highest BCUT2D eigenvalue weighted by Gasteiger charge is 2.42. The molecule has 3 saturated heterocycles. The van der Waals surface area contributed by atoms with Crippen LogP contribution in [0.25, 0.3) is 10.9 Å². The van der Waals surface area contributed by atoms with Gasteiger partial charge in [0, 0.05) is 24.2 Å². The van der Waals surface area contributed by atoms with Gasteiger partial charge in [0.25, 0.3) is 0 Å². The largest absolute Gasteiger partial charge is 0.497 e. The number of aromatic nitrogens is 1. The SMILES string of the molecule is C=C[C@H]1CN2CC[C@@H]1CC2[C@H](O)c1ccnc2ccc(OC)cc12.Cl.Cl.O. The third-order valence-corrected chi connectivity index (χ3v) is 5.82. The van der Waals surface area contributed by atoms with Crippen LogP contribution in [0.5, 0.6) is 5.75 Å². The number of methoxy groups -OCH3 is 1. The summed E-state index contributed by atoms with van der Waals surface area (Å²) in [6, 6.07) is 7.96. The molecule has 2 unspecified atom stereocenters. The molecule has 1 aromatic heterocycles. The summed E-state index contributed by atoms with van der Waals surface area (Å²) in [5.74, 6) is 2.01. The van der Waals surface area contributed by atoms with Crippen LogP contribution in [0.4, 0.5) is 0 Å². The molecule has 1 aromatic carbocycles. The second-order valence-electron chi connectivity index (χ2n) is 6.97. The normalized spacial score (nSPS) is 26.9. The summed E-state index contributed by atoms with van der Waals surface area (Å²) in [7, 11) is 1.66. The number of pyridine rings is 1. The number of halogens is 2. The molecule has 0 aliphatic carbocycles. The minimum absolute atomic E-state index is 0. The van der Waals surface area contributed by atoms with Gasteiger partial charge < -0.3 is 15.3 Å². The van der Waals surface area contributed by atoms with Gasteiger partial charge in [-0.25, -0.2) is 0 Å². The summed E-state index contributed by atoms with van der Waals surface area (Å²) in [4.78, 5) is 6.86. The van der Waals surface area contributed by atoms with Crippen molar-refractivity contribution >= 4 is 35.7 Å². The van der Waals surface area contributed by atoms with Crippen molar-refractivity contribution in [1.82, 2.24) is 9.88 Å². The van der Waals surface area contributed by atoms with E-state index in [1.54, 1.807) is 13.3 Å². The van der Waals surface area contributed by atoms with Gasteiger partial charge in [-0.2, -0.15) is 0 Å². The van der Waals surface area contributed by atoms with Crippen LogP contribution < -0.4 is 4.74 Å². The smallest absolute Gasteiger partial charge is 0.119 e. The maximum Gasteiger partial charge on any atom is 0.119 e. The molecule has 0 spiro atoms. The molecule has 0 saturated carbocycles. The molecule has 2 aromatic rings. The standard InChI is InChI=1S/C20H24N2O2.2ClH.H2O/c1-3-13-12-22-9-7-14(13)10-19(22)20(23)16-6-8-21-18-5-4-15(24-2)11-17(16)18;;;/h3-6,8,11,13-14,19-20,23H,1,7,9-10,12H2,2H3;2*1H;1H2/t13-,14+,19?,20+;;;/m0.../s1. The van der Waals surface area contributed by atoms with Gasteiger partial charge in [0.15, 0.2) is 0 Å². The Morgan fingerprint density at radius 2 is 2.11 bits per heavy atom. The third-order valence-electron chi connectivity index (χ3n) is 5.82. The van der Waals surface area contributed by atoms with Gasteiger partial charge in [-0.3, -0.25) is 9.88 Å². The molecule has 5 rings (SSSR count). The summed E-state index contributed by atoms with van der Waals surface area (Å²) >= 11 is 0. The highest BCUT2D eigenvalue weighted by atomic mass is 35.5. The Bertz CT molecular complexity index is 774. The number of aliphatic hydroxyl groups is 1. The number of benzene rings is 1. The molecule has 4 heterocycles. The first kappa shape index (κ1) is 23.7. The quantitative estimate of drug-likeness (QED) is 0.779. The van der Waals surface area contributed by atoms with Gasteiger partial charge >= 0.3 is 0 Å². The minimum Gasteiger partial charge on any atom is -0.497 e. The summed E-state index contributed by atoms with van der Waals surface area (Å²) in [5, 5.41) is 12.1. The Morgan fingerprint density at radius 1 is 1.33 bits per heavy atom. The molecule has 27 heavy (non-hydrogen) atoms. The van der Waals surface area contributed by atoms with E-state index >= 15 is 0 Å². The summed E-state index contributed by atoms with van der Waals surface area (Å²) < 4.78 is 5.35. The molecule has 3 aliphatic rings. The monoisotopic (exact) mass is 414 g/mol. The molecule has 5 atom stereocenters. The first-order valence-corrected chi connectivity index (χ1v) is 8.68. The average molecular weight is 415 g/mol. The van der Waals surface area contributed by atoms with Crippen LogP contribution in [-0.2, 0) is 0 Å². The van der Waals surface area contributed by atoms with Crippen molar-refractivity contribution in [1.29, 1.82) is 0 Å². The van der Waals surface area contributed by atoms with E-state index in [0.717, 1.165) is 41.7 Å². The summed E-state index contributed by atoms with van der Waals surface area (Å²) in [5.41, 5.74) is 1.85. The number of fused-ring (bicyclic) bond motifs is 4.